The molecule has 0 aliphatic carbocycles. The largest absolute Gasteiger partial charge is 0.299 e. The van der Waals surface area contributed by atoms with Crippen LogP contribution in [0.3, 0.4) is 0 Å². The van der Waals surface area contributed by atoms with E-state index in [0.29, 0.717) is 6.29 Å². The molecule has 2 heterocycles. The predicted octanol–water partition coefficient (Wildman–Crippen LogP) is 4.60. The summed E-state index contributed by atoms with van der Waals surface area (Å²) >= 11 is 0. The summed E-state index contributed by atoms with van der Waals surface area (Å²) in [6.07, 6.45) is 23.6. The number of hydrogen-bond donors (Lipinski definition) is 1. The standard InChI is InChI=1S/C15H19N.C6H10N4.C3H4O/c1-4-7-13(3)9-10-14-8-6-11-16-15(5-2)12-14;1-7-9-6-3-4-10(2)8-5-6;1-2-3-4/h5-6,8-12,14H,2-4,7H2,1H3;3-6,9H,1H2,2H3;2-3H,1H2/b10-9+;;. The van der Waals surface area contributed by atoms with Crippen molar-refractivity contribution in [1.29, 1.82) is 0 Å². The van der Waals surface area contributed by atoms with E-state index in [1.54, 1.807) is 23.5 Å². The lowest BCUT2D eigenvalue weighted by atomic mass is 10.0. The molecule has 0 amide bonds. The minimum absolute atomic E-state index is 0.0914. The molecular formula is C24H33N5O. The molecule has 2 aliphatic heterocycles. The van der Waals surface area contributed by atoms with Gasteiger partial charge in [-0.15, -0.1) is 0 Å². The van der Waals surface area contributed by atoms with Crippen LogP contribution in [0.2, 0.25) is 0 Å². The maximum absolute atomic E-state index is 9.06. The van der Waals surface area contributed by atoms with E-state index < -0.39 is 0 Å². The molecule has 2 aliphatic rings. The summed E-state index contributed by atoms with van der Waals surface area (Å²) in [4.78, 5) is 13.3. The van der Waals surface area contributed by atoms with Gasteiger partial charge in [0, 0.05) is 32.1 Å². The Labute approximate surface area is 180 Å². The van der Waals surface area contributed by atoms with E-state index in [0.717, 1.165) is 18.5 Å². The summed E-state index contributed by atoms with van der Waals surface area (Å²) in [7, 11) is 1.87. The zero-order valence-electron chi connectivity index (χ0n) is 18.0. The Balaban J connectivity index is 0.000000510. The summed E-state index contributed by atoms with van der Waals surface area (Å²) in [5.41, 5.74) is 4.85. The molecule has 1 N–H and O–H groups in total. The van der Waals surface area contributed by atoms with E-state index in [9.17, 15) is 0 Å². The van der Waals surface area contributed by atoms with Crippen molar-refractivity contribution < 1.29 is 4.79 Å². The molecule has 0 aromatic carbocycles. The Kier molecular flexibility index (Phi) is 15.5. The Hall–Kier alpha value is -3.54. The first-order chi connectivity index (χ1) is 14.5. The van der Waals surface area contributed by atoms with Crippen LogP contribution in [0.1, 0.15) is 19.8 Å². The van der Waals surface area contributed by atoms with Crippen molar-refractivity contribution in [3.05, 3.63) is 85.8 Å². The molecule has 6 nitrogen and oxygen atoms in total. The molecule has 160 valence electrons. The first-order valence-corrected chi connectivity index (χ1v) is 9.64. The number of aldehydes is 1. The third-order valence-electron chi connectivity index (χ3n) is 3.60. The van der Waals surface area contributed by atoms with Crippen molar-refractivity contribution in [1.82, 2.24) is 10.4 Å². The summed E-state index contributed by atoms with van der Waals surface area (Å²) in [6.45, 7) is 16.3. The van der Waals surface area contributed by atoms with Gasteiger partial charge in [0.1, 0.15) is 12.3 Å². The van der Waals surface area contributed by atoms with E-state index >= 15 is 0 Å². The molecular weight excluding hydrogens is 374 g/mol. The number of rotatable bonds is 8. The van der Waals surface area contributed by atoms with Crippen LogP contribution in [0.25, 0.3) is 0 Å². The third-order valence-corrected chi connectivity index (χ3v) is 3.60. The number of allylic oxidation sites excluding steroid dienone is 8. The quantitative estimate of drug-likeness (QED) is 0.210. The highest BCUT2D eigenvalue weighted by molar-refractivity contribution is 5.73. The molecule has 2 rings (SSSR count). The Morgan fingerprint density at radius 2 is 2.10 bits per heavy atom. The molecule has 2 atom stereocenters. The van der Waals surface area contributed by atoms with Crippen LogP contribution in [-0.4, -0.2) is 43.5 Å². The second kappa shape index (κ2) is 17.6. The van der Waals surface area contributed by atoms with Crippen molar-refractivity contribution in [2.24, 2.45) is 21.1 Å². The van der Waals surface area contributed by atoms with Gasteiger partial charge in [-0.2, -0.15) is 10.2 Å². The van der Waals surface area contributed by atoms with E-state index in [1.807, 2.05) is 25.4 Å². The molecule has 0 bridgehead atoms. The molecule has 0 aromatic heterocycles. The van der Waals surface area contributed by atoms with Gasteiger partial charge in [0.25, 0.3) is 0 Å². The van der Waals surface area contributed by atoms with Crippen molar-refractivity contribution in [2.45, 2.75) is 25.8 Å². The topological polar surface area (TPSA) is 69.4 Å². The monoisotopic (exact) mass is 407 g/mol. The maximum atomic E-state index is 9.06. The summed E-state index contributed by atoms with van der Waals surface area (Å²) < 4.78 is 0. The van der Waals surface area contributed by atoms with Gasteiger partial charge in [-0.05, 0) is 36.8 Å². The summed E-state index contributed by atoms with van der Waals surface area (Å²) in [6, 6.07) is 0.0914. The number of nitrogens with zero attached hydrogens (tertiary/aromatic N) is 4. The number of hydrogen-bond acceptors (Lipinski definition) is 6. The van der Waals surface area contributed by atoms with E-state index in [2.05, 4.69) is 78.3 Å². The first kappa shape index (κ1) is 26.5. The molecule has 30 heavy (non-hydrogen) atoms. The molecule has 2 unspecified atom stereocenters. The van der Waals surface area contributed by atoms with Crippen molar-refractivity contribution >= 4 is 25.4 Å². The van der Waals surface area contributed by atoms with E-state index in [4.69, 9.17) is 4.79 Å². The van der Waals surface area contributed by atoms with Gasteiger partial charge < -0.3 is 0 Å². The lowest BCUT2D eigenvalue weighted by Crippen LogP contribution is -2.27. The highest BCUT2D eigenvalue weighted by Gasteiger charge is 2.02. The van der Waals surface area contributed by atoms with Gasteiger partial charge in [0.15, 0.2) is 0 Å². The highest BCUT2D eigenvalue weighted by Crippen LogP contribution is 2.14. The fourth-order valence-corrected chi connectivity index (χ4v) is 2.16. The molecule has 0 saturated heterocycles. The van der Waals surface area contributed by atoms with Crippen molar-refractivity contribution in [2.75, 3.05) is 7.05 Å². The lowest BCUT2D eigenvalue weighted by molar-refractivity contribution is -0.104. The van der Waals surface area contributed by atoms with Gasteiger partial charge in [-0.1, -0.05) is 56.9 Å². The first-order valence-electron chi connectivity index (χ1n) is 9.64. The second-order valence-electron chi connectivity index (χ2n) is 6.17. The molecule has 6 heteroatoms. The Bertz CT molecular complexity index is 721. The van der Waals surface area contributed by atoms with Crippen LogP contribution in [0, 0.1) is 5.92 Å². The number of hydrazone groups is 2. The number of nitrogens with one attached hydrogen (secondary N) is 1. The summed E-state index contributed by atoms with van der Waals surface area (Å²) in [5, 5.41) is 9.25. The highest BCUT2D eigenvalue weighted by atomic mass is 16.1. The zero-order chi connectivity index (χ0) is 22.6. The van der Waals surface area contributed by atoms with Crippen molar-refractivity contribution in [3.8, 4) is 0 Å². The molecule has 0 fully saturated rings. The van der Waals surface area contributed by atoms with Gasteiger partial charge in [0.2, 0.25) is 0 Å². The fraction of sp³-hybridized carbons (Fsp3) is 0.250. The SMILES string of the molecule is C=CC1=CC(/C=C/C(=C)CCC)C=CC=N1.C=CC=O.C=NNC1C=CN(C)N=C1. The van der Waals surface area contributed by atoms with Gasteiger partial charge in [-0.25, -0.2) is 0 Å². The van der Waals surface area contributed by atoms with Gasteiger partial charge in [0.05, 0.1) is 11.9 Å². The average molecular weight is 408 g/mol. The van der Waals surface area contributed by atoms with Crippen LogP contribution < -0.4 is 5.43 Å². The second-order valence-corrected chi connectivity index (χ2v) is 6.17. The zero-order valence-corrected chi connectivity index (χ0v) is 18.0. The third kappa shape index (κ3) is 13.6. The van der Waals surface area contributed by atoms with E-state index in [1.165, 1.54) is 11.6 Å². The van der Waals surface area contributed by atoms with Gasteiger partial charge >= 0.3 is 0 Å². The van der Waals surface area contributed by atoms with Gasteiger partial charge in [-0.3, -0.25) is 20.2 Å². The van der Waals surface area contributed by atoms with Crippen LogP contribution >= 0.6 is 0 Å². The number of carbonyl (C=O) groups excluding carboxylic acids is 1. The van der Waals surface area contributed by atoms with Crippen LogP contribution in [0.15, 0.2) is 101 Å². The number of aliphatic imine (C=N–C) groups is 1. The number of carbonyl (C=O) groups is 1. The molecule has 0 spiro atoms. The predicted molar refractivity (Wildman–Crippen MR) is 131 cm³/mol. The lowest BCUT2D eigenvalue weighted by Gasteiger charge is -2.14. The minimum atomic E-state index is 0.0914. The molecule has 0 saturated carbocycles. The average Bonchev–Trinajstić information content (AvgIpc) is 3.00. The Morgan fingerprint density at radius 1 is 1.37 bits per heavy atom. The maximum Gasteiger partial charge on any atom is 0.142 e. The van der Waals surface area contributed by atoms with Crippen LogP contribution in [-0.2, 0) is 4.79 Å². The minimum Gasteiger partial charge on any atom is -0.299 e. The smallest absolute Gasteiger partial charge is 0.142 e. The van der Waals surface area contributed by atoms with E-state index in [-0.39, 0.29) is 12.0 Å². The van der Waals surface area contributed by atoms with Crippen molar-refractivity contribution in [3.63, 3.8) is 0 Å². The molecule has 0 radical (unpaired) electrons. The van der Waals surface area contributed by atoms with Crippen LogP contribution in [0.5, 0.6) is 0 Å². The Morgan fingerprint density at radius 3 is 2.63 bits per heavy atom. The normalized spacial score (nSPS) is 18.7. The molecule has 0 aromatic rings. The van der Waals surface area contributed by atoms with Crippen LogP contribution in [0.4, 0.5) is 0 Å². The summed E-state index contributed by atoms with van der Waals surface area (Å²) in [5.74, 6) is 0.282. The fourth-order valence-electron chi connectivity index (χ4n) is 2.16.